The highest BCUT2D eigenvalue weighted by Gasteiger charge is 2.37. The number of fused-ring (bicyclic) bond motifs is 1. The fraction of sp³-hybridized carbons (Fsp3) is 0.407. The van der Waals surface area contributed by atoms with Crippen LogP contribution in [0.4, 0.5) is 0 Å². The van der Waals surface area contributed by atoms with Crippen LogP contribution < -0.4 is 4.74 Å². The maximum Gasteiger partial charge on any atom is 0.335 e. The van der Waals surface area contributed by atoms with Crippen LogP contribution in [0.25, 0.3) is 0 Å². The highest BCUT2D eigenvalue weighted by molar-refractivity contribution is 5.87. The summed E-state index contributed by atoms with van der Waals surface area (Å²) >= 11 is 0. The lowest BCUT2D eigenvalue weighted by molar-refractivity contribution is 0.0697. The lowest BCUT2D eigenvalue weighted by atomic mass is 9.62. The quantitative estimate of drug-likeness (QED) is 0.528. The van der Waals surface area contributed by atoms with Crippen LogP contribution in [0.1, 0.15) is 73.1 Å². The molecular weight excluding hydrogens is 400 g/mol. The van der Waals surface area contributed by atoms with E-state index in [1.807, 2.05) is 23.1 Å². The van der Waals surface area contributed by atoms with Gasteiger partial charge in [0.2, 0.25) is 0 Å². The Kier molecular flexibility index (Phi) is 5.85. The van der Waals surface area contributed by atoms with Gasteiger partial charge in [-0.2, -0.15) is 5.10 Å². The Morgan fingerprint density at radius 1 is 1.03 bits per heavy atom. The van der Waals surface area contributed by atoms with Crippen LogP contribution in [-0.2, 0) is 23.8 Å². The molecule has 1 aliphatic carbocycles. The summed E-state index contributed by atoms with van der Waals surface area (Å²) in [5.41, 5.74) is 6.03. The van der Waals surface area contributed by atoms with Crippen LogP contribution >= 0.6 is 0 Å². The SMILES string of the molecule is CC1(C)CCC(C)(C)c2cc(Cn3cccn3)c(CCOc3ccc(C(=O)O)cc3)cc21. The number of nitrogens with zero attached hydrogens (tertiary/aromatic N) is 2. The summed E-state index contributed by atoms with van der Waals surface area (Å²) in [5.74, 6) is -0.248. The molecule has 0 bridgehead atoms. The molecule has 1 heterocycles. The van der Waals surface area contributed by atoms with Crippen molar-refractivity contribution >= 4 is 5.97 Å². The topological polar surface area (TPSA) is 64.4 Å². The molecule has 0 saturated heterocycles. The molecule has 3 aromatic rings. The maximum atomic E-state index is 11.0. The van der Waals surface area contributed by atoms with Crippen molar-refractivity contribution in [2.75, 3.05) is 6.61 Å². The minimum atomic E-state index is -0.931. The minimum Gasteiger partial charge on any atom is -0.493 e. The van der Waals surface area contributed by atoms with Gasteiger partial charge < -0.3 is 9.84 Å². The molecule has 0 aliphatic heterocycles. The van der Waals surface area contributed by atoms with Crippen LogP contribution in [0, 0.1) is 0 Å². The highest BCUT2D eigenvalue weighted by atomic mass is 16.5. The first-order chi connectivity index (χ1) is 15.2. The predicted octanol–water partition coefficient (Wildman–Crippen LogP) is 5.60. The third-order valence-electron chi connectivity index (χ3n) is 6.81. The van der Waals surface area contributed by atoms with Gasteiger partial charge in [0.25, 0.3) is 0 Å². The lowest BCUT2D eigenvalue weighted by Crippen LogP contribution is -2.34. The average molecular weight is 433 g/mol. The van der Waals surface area contributed by atoms with Crippen molar-refractivity contribution in [3.05, 3.63) is 82.7 Å². The number of rotatable bonds is 7. The molecule has 32 heavy (non-hydrogen) atoms. The fourth-order valence-corrected chi connectivity index (χ4v) is 4.62. The number of hydrogen-bond acceptors (Lipinski definition) is 3. The van der Waals surface area contributed by atoms with Gasteiger partial charge in [-0.3, -0.25) is 4.68 Å². The first-order valence-corrected chi connectivity index (χ1v) is 11.3. The first kappa shape index (κ1) is 22.1. The Balaban J connectivity index is 1.61. The number of ether oxygens (including phenoxy) is 1. The van der Waals surface area contributed by atoms with E-state index in [9.17, 15) is 4.79 Å². The number of aromatic nitrogens is 2. The van der Waals surface area contributed by atoms with Crippen molar-refractivity contribution in [3.8, 4) is 5.75 Å². The van der Waals surface area contributed by atoms with Gasteiger partial charge >= 0.3 is 5.97 Å². The van der Waals surface area contributed by atoms with E-state index in [1.54, 1.807) is 24.3 Å². The van der Waals surface area contributed by atoms with E-state index in [0.29, 0.717) is 12.4 Å². The summed E-state index contributed by atoms with van der Waals surface area (Å²) in [4.78, 5) is 11.0. The summed E-state index contributed by atoms with van der Waals surface area (Å²) in [5, 5.41) is 13.5. The smallest absolute Gasteiger partial charge is 0.335 e. The van der Waals surface area contributed by atoms with Crippen molar-refractivity contribution in [2.24, 2.45) is 0 Å². The lowest BCUT2D eigenvalue weighted by Gasteiger charge is -2.42. The number of carbonyl (C=O) groups is 1. The summed E-state index contributed by atoms with van der Waals surface area (Å²) < 4.78 is 7.93. The molecule has 0 radical (unpaired) electrons. The molecule has 0 saturated carbocycles. The van der Waals surface area contributed by atoms with Gasteiger partial charge in [0.05, 0.1) is 18.7 Å². The van der Waals surface area contributed by atoms with E-state index in [-0.39, 0.29) is 16.4 Å². The minimum absolute atomic E-state index is 0.150. The molecule has 1 N–H and O–H groups in total. The zero-order valence-corrected chi connectivity index (χ0v) is 19.4. The van der Waals surface area contributed by atoms with Crippen LogP contribution in [0.5, 0.6) is 5.75 Å². The van der Waals surface area contributed by atoms with E-state index in [2.05, 4.69) is 44.9 Å². The predicted molar refractivity (Wildman–Crippen MR) is 126 cm³/mol. The Labute approximate surface area is 190 Å². The maximum absolute atomic E-state index is 11.0. The Bertz CT molecular complexity index is 1100. The van der Waals surface area contributed by atoms with E-state index >= 15 is 0 Å². The van der Waals surface area contributed by atoms with Gasteiger partial charge in [0, 0.05) is 18.8 Å². The van der Waals surface area contributed by atoms with Gasteiger partial charge in [0.15, 0.2) is 0 Å². The summed E-state index contributed by atoms with van der Waals surface area (Å²) in [6.45, 7) is 10.7. The molecule has 0 amide bonds. The molecule has 5 nitrogen and oxygen atoms in total. The molecule has 0 unspecified atom stereocenters. The standard InChI is InChI=1S/C27H32N2O3/c1-26(2)11-12-27(3,4)24-17-21(18-29-14-5-13-28-29)20(16-23(24)26)10-15-32-22-8-6-19(7-9-22)25(30)31/h5-9,13-14,16-17H,10-12,15,18H2,1-4H3,(H,30,31). The van der Waals surface area contributed by atoms with Gasteiger partial charge in [0.1, 0.15) is 5.75 Å². The summed E-state index contributed by atoms with van der Waals surface area (Å²) in [6, 6.07) is 13.3. The third-order valence-corrected chi connectivity index (χ3v) is 6.81. The molecule has 1 aliphatic rings. The number of hydrogen-bond donors (Lipinski definition) is 1. The van der Waals surface area contributed by atoms with E-state index in [0.717, 1.165) is 13.0 Å². The van der Waals surface area contributed by atoms with Crippen LogP contribution in [0.2, 0.25) is 0 Å². The van der Waals surface area contributed by atoms with Gasteiger partial charge in [-0.15, -0.1) is 0 Å². The molecule has 4 rings (SSSR count). The second-order valence-electron chi connectivity index (χ2n) is 10.1. The van der Waals surface area contributed by atoms with E-state index in [4.69, 9.17) is 9.84 Å². The number of aromatic carboxylic acids is 1. The van der Waals surface area contributed by atoms with Crippen LogP contribution in [0.3, 0.4) is 0 Å². The molecule has 2 aromatic carbocycles. The van der Waals surface area contributed by atoms with Crippen LogP contribution in [-0.4, -0.2) is 27.5 Å². The monoisotopic (exact) mass is 432 g/mol. The van der Waals surface area contributed by atoms with Crippen molar-refractivity contribution in [1.82, 2.24) is 9.78 Å². The van der Waals surface area contributed by atoms with E-state index in [1.165, 1.54) is 35.1 Å². The van der Waals surface area contributed by atoms with E-state index < -0.39 is 5.97 Å². The zero-order chi connectivity index (χ0) is 22.9. The van der Waals surface area contributed by atoms with Crippen molar-refractivity contribution in [2.45, 2.75) is 64.3 Å². The molecule has 0 atom stereocenters. The summed E-state index contributed by atoms with van der Waals surface area (Å²) in [6.07, 6.45) is 6.95. The first-order valence-electron chi connectivity index (χ1n) is 11.3. The molecule has 168 valence electrons. The van der Waals surface area contributed by atoms with Crippen LogP contribution in [0.15, 0.2) is 54.9 Å². The zero-order valence-electron chi connectivity index (χ0n) is 19.4. The molecule has 0 spiro atoms. The molecule has 5 heteroatoms. The third kappa shape index (κ3) is 4.57. The second kappa shape index (κ2) is 8.45. The Morgan fingerprint density at radius 2 is 1.66 bits per heavy atom. The highest BCUT2D eigenvalue weighted by Crippen LogP contribution is 2.46. The molecule has 0 fully saturated rings. The number of benzene rings is 2. The second-order valence-corrected chi connectivity index (χ2v) is 10.1. The number of carboxylic acids is 1. The van der Waals surface area contributed by atoms with Crippen molar-refractivity contribution in [1.29, 1.82) is 0 Å². The summed E-state index contributed by atoms with van der Waals surface area (Å²) in [7, 11) is 0. The van der Waals surface area contributed by atoms with Crippen molar-refractivity contribution < 1.29 is 14.6 Å². The van der Waals surface area contributed by atoms with Gasteiger partial charge in [-0.25, -0.2) is 4.79 Å². The number of carboxylic acid groups (broad SMARTS) is 1. The molecular formula is C27H32N2O3. The Hall–Kier alpha value is -3.08. The Morgan fingerprint density at radius 3 is 2.22 bits per heavy atom. The average Bonchev–Trinajstić information content (AvgIpc) is 3.26. The fourth-order valence-electron chi connectivity index (χ4n) is 4.62. The normalized spacial score (nSPS) is 16.4. The van der Waals surface area contributed by atoms with Gasteiger partial charge in [-0.1, -0.05) is 39.8 Å². The molecule has 1 aromatic heterocycles. The van der Waals surface area contributed by atoms with Gasteiger partial charge in [-0.05, 0) is 76.3 Å². The van der Waals surface area contributed by atoms with Crippen molar-refractivity contribution in [3.63, 3.8) is 0 Å². The largest absolute Gasteiger partial charge is 0.493 e.